The molecule has 0 heterocycles. The van der Waals surface area contributed by atoms with E-state index in [0.29, 0.717) is 0 Å². The zero-order valence-electron chi connectivity index (χ0n) is 20.9. The van der Waals surface area contributed by atoms with Crippen LogP contribution in [0.2, 0.25) is 0 Å². The molecule has 0 saturated heterocycles. The molecule has 1 aliphatic carbocycles. The van der Waals surface area contributed by atoms with Crippen LogP contribution >= 0.6 is 0 Å². The number of phenols is 1. The number of hydrogen-bond acceptors (Lipinski definition) is 5. The lowest BCUT2D eigenvalue weighted by Crippen LogP contribution is -2.19. The molecule has 0 saturated carbocycles. The third-order valence-corrected chi connectivity index (χ3v) is 5.87. The number of esters is 2. The summed E-state index contributed by atoms with van der Waals surface area (Å²) >= 11 is 0. The van der Waals surface area contributed by atoms with E-state index < -0.39 is 18.5 Å². The monoisotopic (exact) mass is 464 g/mol. The molecule has 1 N–H and O–H groups in total. The zero-order valence-corrected chi connectivity index (χ0v) is 20.9. The second-order valence-corrected chi connectivity index (χ2v) is 9.26. The summed E-state index contributed by atoms with van der Waals surface area (Å²) < 4.78 is 9.95. The summed E-state index contributed by atoms with van der Waals surface area (Å²) in [4.78, 5) is 23.7. The molecular weight excluding hydrogens is 428 g/mol. The van der Waals surface area contributed by atoms with E-state index in [9.17, 15) is 14.7 Å². The highest BCUT2D eigenvalue weighted by atomic mass is 16.6. The Kier molecular flexibility index (Phi) is 10.1. The number of hydrogen-bond donors (Lipinski definition) is 1. The maximum Gasteiger partial charge on any atom is 0.344 e. The summed E-state index contributed by atoms with van der Waals surface area (Å²) in [6.07, 6.45) is 15.8. The Bertz CT molecular complexity index is 1030. The molecule has 2 rings (SSSR count). The summed E-state index contributed by atoms with van der Waals surface area (Å²) in [5, 5.41) is 9.63. The van der Waals surface area contributed by atoms with Crippen LogP contribution in [0.25, 0.3) is 0 Å². The predicted octanol–water partition coefficient (Wildman–Crippen LogP) is 6.62. The van der Waals surface area contributed by atoms with Crippen molar-refractivity contribution in [2.24, 2.45) is 5.41 Å². The van der Waals surface area contributed by atoms with Crippen LogP contribution < -0.4 is 0 Å². The van der Waals surface area contributed by atoms with Crippen LogP contribution in [-0.2, 0) is 14.3 Å². The van der Waals surface area contributed by atoms with Crippen molar-refractivity contribution in [1.82, 2.24) is 0 Å². The Morgan fingerprint density at radius 2 is 1.82 bits per heavy atom. The molecule has 1 aliphatic rings. The molecule has 1 aromatic rings. The molecule has 182 valence electrons. The maximum absolute atomic E-state index is 11.9. The van der Waals surface area contributed by atoms with Gasteiger partial charge in [-0.2, -0.15) is 0 Å². The van der Waals surface area contributed by atoms with Gasteiger partial charge in [0.15, 0.2) is 6.61 Å². The number of carbonyl (C=O) groups is 2. The van der Waals surface area contributed by atoms with E-state index in [4.69, 9.17) is 9.47 Å². The van der Waals surface area contributed by atoms with Gasteiger partial charge in [-0.3, -0.25) is 0 Å². The van der Waals surface area contributed by atoms with Gasteiger partial charge < -0.3 is 14.6 Å². The van der Waals surface area contributed by atoms with Crippen LogP contribution in [0.5, 0.6) is 5.75 Å². The van der Waals surface area contributed by atoms with Crippen LogP contribution in [0, 0.1) is 5.41 Å². The topological polar surface area (TPSA) is 72.8 Å². The Hall–Kier alpha value is -3.34. The van der Waals surface area contributed by atoms with E-state index in [2.05, 4.69) is 39.8 Å². The standard InChI is InChI=1S/C29H36O5/c1-21(15-16-25-23(3)12-9-18-29(25,4)5)10-8-11-22(2)17-19-33-27(31)20-34-28(32)24-13-6-7-14-26(24)30/h6-8,10-11,13-17,30H,9,12,18-20H2,1-5H3. The lowest BCUT2D eigenvalue weighted by atomic mass is 9.72. The van der Waals surface area contributed by atoms with Crippen LogP contribution in [0.15, 0.2) is 83.0 Å². The minimum absolute atomic E-state index is 0.00341. The van der Waals surface area contributed by atoms with Crippen LogP contribution in [0.4, 0.5) is 0 Å². The van der Waals surface area contributed by atoms with Crippen molar-refractivity contribution >= 4 is 11.9 Å². The molecule has 0 aromatic heterocycles. The zero-order chi connectivity index (χ0) is 25.1. The number of rotatable bonds is 9. The summed E-state index contributed by atoms with van der Waals surface area (Å²) in [7, 11) is 0. The van der Waals surface area contributed by atoms with Gasteiger partial charge in [0.25, 0.3) is 0 Å². The lowest BCUT2D eigenvalue weighted by molar-refractivity contribution is -0.145. The summed E-state index contributed by atoms with van der Waals surface area (Å²) in [5.41, 5.74) is 5.26. The summed E-state index contributed by atoms with van der Waals surface area (Å²) in [6, 6.07) is 5.98. The molecule has 0 amide bonds. The fraction of sp³-hybridized carbons (Fsp3) is 0.379. The van der Waals surface area contributed by atoms with Crippen molar-refractivity contribution in [2.45, 2.75) is 53.9 Å². The molecule has 0 atom stereocenters. The summed E-state index contributed by atoms with van der Waals surface area (Å²) in [6.45, 7) is 10.4. The Morgan fingerprint density at radius 1 is 1.09 bits per heavy atom. The van der Waals surface area contributed by atoms with Gasteiger partial charge >= 0.3 is 11.9 Å². The third kappa shape index (κ3) is 8.54. The Balaban J connectivity index is 1.78. The first-order chi connectivity index (χ1) is 16.1. The van der Waals surface area contributed by atoms with Crippen molar-refractivity contribution < 1.29 is 24.2 Å². The first-order valence-electron chi connectivity index (χ1n) is 11.6. The highest BCUT2D eigenvalue weighted by Crippen LogP contribution is 2.40. The number of para-hydroxylation sites is 1. The highest BCUT2D eigenvalue weighted by molar-refractivity contribution is 5.93. The SMILES string of the molecule is CC(C=CC1=C(C)CCCC1(C)C)=CC=CC(C)=CCOC(=O)COC(=O)c1ccccc1O. The molecule has 34 heavy (non-hydrogen) atoms. The van der Waals surface area contributed by atoms with E-state index in [1.54, 1.807) is 18.2 Å². The fourth-order valence-electron chi connectivity index (χ4n) is 3.86. The highest BCUT2D eigenvalue weighted by Gasteiger charge is 2.26. The van der Waals surface area contributed by atoms with E-state index in [0.717, 1.165) is 11.1 Å². The molecule has 5 heteroatoms. The molecule has 1 aromatic carbocycles. The van der Waals surface area contributed by atoms with Gasteiger partial charge in [-0.05, 0) is 69.2 Å². The fourth-order valence-corrected chi connectivity index (χ4v) is 3.86. The van der Waals surface area contributed by atoms with Crippen molar-refractivity contribution in [1.29, 1.82) is 0 Å². The second kappa shape index (κ2) is 12.8. The number of phenolic OH excluding ortho intramolecular Hbond substituents is 1. The van der Waals surface area contributed by atoms with Gasteiger partial charge in [-0.25, -0.2) is 9.59 Å². The third-order valence-electron chi connectivity index (χ3n) is 5.87. The van der Waals surface area contributed by atoms with E-state index in [1.165, 1.54) is 42.5 Å². The molecule has 5 nitrogen and oxygen atoms in total. The second-order valence-electron chi connectivity index (χ2n) is 9.26. The molecule has 0 spiro atoms. The van der Waals surface area contributed by atoms with Crippen molar-refractivity contribution in [2.75, 3.05) is 13.2 Å². The van der Waals surface area contributed by atoms with Crippen LogP contribution in [0.3, 0.4) is 0 Å². The molecule has 0 unspecified atom stereocenters. The lowest BCUT2D eigenvalue weighted by Gasteiger charge is -2.32. The smallest absolute Gasteiger partial charge is 0.344 e. The van der Waals surface area contributed by atoms with Gasteiger partial charge in [-0.1, -0.05) is 73.1 Å². The number of carbonyl (C=O) groups excluding carboxylic acids is 2. The Labute approximate surface area is 203 Å². The van der Waals surface area contributed by atoms with Gasteiger partial charge in [0.1, 0.15) is 17.9 Å². The largest absolute Gasteiger partial charge is 0.507 e. The van der Waals surface area contributed by atoms with Gasteiger partial charge in [0.05, 0.1) is 0 Å². The van der Waals surface area contributed by atoms with E-state index in [-0.39, 0.29) is 23.3 Å². The summed E-state index contributed by atoms with van der Waals surface area (Å²) in [5.74, 6) is -1.64. The van der Waals surface area contributed by atoms with Crippen LogP contribution in [0.1, 0.15) is 64.2 Å². The molecular formula is C29H36O5. The van der Waals surface area contributed by atoms with Gasteiger partial charge in [-0.15, -0.1) is 0 Å². The van der Waals surface area contributed by atoms with Crippen molar-refractivity contribution in [3.05, 3.63) is 88.6 Å². The molecule has 0 radical (unpaired) electrons. The van der Waals surface area contributed by atoms with Crippen LogP contribution in [-0.4, -0.2) is 30.3 Å². The first kappa shape index (κ1) is 26.9. The predicted molar refractivity (Wildman–Crippen MR) is 135 cm³/mol. The maximum atomic E-state index is 11.9. The quantitative estimate of drug-likeness (QED) is 0.328. The molecule has 0 bridgehead atoms. The van der Waals surface area contributed by atoms with Crippen molar-refractivity contribution in [3.8, 4) is 5.75 Å². The average molecular weight is 465 g/mol. The average Bonchev–Trinajstić information content (AvgIpc) is 2.77. The molecule has 0 fully saturated rings. The van der Waals surface area contributed by atoms with Gasteiger partial charge in [0, 0.05) is 0 Å². The normalized spacial score (nSPS) is 16.9. The van der Waals surface area contributed by atoms with E-state index >= 15 is 0 Å². The number of allylic oxidation sites excluding steroid dienone is 9. The van der Waals surface area contributed by atoms with Crippen molar-refractivity contribution in [3.63, 3.8) is 0 Å². The minimum atomic E-state index is -0.778. The number of ether oxygens (including phenoxy) is 2. The number of benzene rings is 1. The van der Waals surface area contributed by atoms with Gasteiger partial charge in [0.2, 0.25) is 0 Å². The molecule has 0 aliphatic heterocycles. The Morgan fingerprint density at radius 3 is 2.53 bits per heavy atom. The van der Waals surface area contributed by atoms with E-state index in [1.807, 2.05) is 25.2 Å². The first-order valence-corrected chi connectivity index (χ1v) is 11.6. The minimum Gasteiger partial charge on any atom is -0.507 e. The number of aromatic hydroxyl groups is 1.